The van der Waals surface area contributed by atoms with E-state index >= 15 is 0 Å². The number of para-hydroxylation sites is 1. The zero-order valence-corrected chi connectivity index (χ0v) is 12.3. The molecule has 0 aliphatic heterocycles. The first-order chi connectivity index (χ1) is 10.3. The average molecular weight is 285 g/mol. The fourth-order valence-corrected chi connectivity index (χ4v) is 2.41. The van der Waals surface area contributed by atoms with Crippen molar-refractivity contribution in [1.29, 1.82) is 0 Å². The number of aryl methyl sites for hydroxylation is 1. The molecule has 5 heteroatoms. The van der Waals surface area contributed by atoms with Gasteiger partial charge in [0.15, 0.2) is 0 Å². The molecular weight excluding hydrogens is 266 g/mol. The third-order valence-electron chi connectivity index (χ3n) is 3.53. The van der Waals surface area contributed by atoms with Gasteiger partial charge in [-0.15, -0.1) is 0 Å². The van der Waals surface area contributed by atoms with E-state index in [1.54, 1.807) is 6.26 Å². The first-order valence-corrected chi connectivity index (χ1v) is 7.30. The van der Waals surface area contributed by atoms with E-state index in [-0.39, 0.29) is 0 Å². The zero-order chi connectivity index (χ0) is 14.7. The highest BCUT2D eigenvalue weighted by atomic mass is 16.5. The summed E-state index contributed by atoms with van der Waals surface area (Å²) in [6.45, 7) is 5.23. The molecule has 0 aliphatic rings. The van der Waals surface area contributed by atoms with Crippen LogP contribution >= 0.6 is 0 Å². The molecule has 1 unspecified atom stereocenters. The highest BCUT2D eigenvalue weighted by Gasteiger charge is 2.14. The van der Waals surface area contributed by atoms with Crippen molar-refractivity contribution in [3.05, 3.63) is 36.4 Å². The number of fused-ring (bicyclic) bond motifs is 1. The van der Waals surface area contributed by atoms with Crippen molar-refractivity contribution in [3.63, 3.8) is 0 Å². The van der Waals surface area contributed by atoms with Crippen molar-refractivity contribution in [2.75, 3.05) is 6.54 Å². The van der Waals surface area contributed by atoms with Crippen LogP contribution in [0.3, 0.4) is 0 Å². The summed E-state index contributed by atoms with van der Waals surface area (Å²) in [6.07, 6.45) is 3.43. The van der Waals surface area contributed by atoms with Crippen LogP contribution in [0.15, 0.2) is 39.5 Å². The molecular formula is C16H19N3O2. The Hall–Kier alpha value is -2.14. The van der Waals surface area contributed by atoms with E-state index in [2.05, 4.69) is 29.3 Å². The second kappa shape index (κ2) is 6.10. The smallest absolute Gasteiger partial charge is 0.227 e. The number of furan rings is 1. The highest BCUT2D eigenvalue weighted by Crippen LogP contribution is 2.28. The van der Waals surface area contributed by atoms with Gasteiger partial charge in [0.25, 0.3) is 0 Å². The lowest BCUT2D eigenvalue weighted by Crippen LogP contribution is -2.25. The molecule has 3 aromatic rings. The van der Waals surface area contributed by atoms with Crippen molar-refractivity contribution in [2.24, 2.45) is 0 Å². The number of hydrogen-bond acceptors (Lipinski definition) is 5. The number of nitrogens with zero attached hydrogens (tertiary/aromatic N) is 2. The topological polar surface area (TPSA) is 64.1 Å². The molecule has 0 aliphatic carbocycles. The maximum absolute atomic E-state index is 5.51. The molecule has 1 aromatic carbocycles. The molecule has 3 rings (SSSR count). The minimum atomic E-state index is 0.445. The second-order valence-electron chi connectivity index (χ2n) is 5.15. The molecule has 2 heterocycles. The Morgan fingerprint density at radius 2 is 2.14 bits per heavy atom. The Morgan fingerprint density at radius 1 is 1.29 bits per heavy atom. The average Bonchev–Trinajstić information content (AvgIpc) is 3.12. The van der Waals surface area contributed by atoms with Gasteiger partial charge in [-0.2, -0.15) is 4.98 Å². The van der Waals surface area contributed by atoms with Crippen molar-refractivity contribution in [3.8, 4) is 11.4 Å². The van der Waals surface area contributed by atoms with Crippen LogP contribution in [0, 0.1) is 0 Å². The lowest BCUT2D eigenvalue weighted by molar-refractivity contribution is 0.368. The SMILES string of the molecule is CCNC(C)CCc1nc(-c2coc3ccccc23)no1. The van der Waals surface area contributed by atoms with Crippen LogP contribution in [0.1, 0.15) is 26.2 Å². The van der Waals surface area contributed by atoms with E-state index in [1.807, 2.05) is 24.3 Å². The van der Waals surface area contributed by atoms with Crippen LogP contribution in [-0.4, -0.2) is 22.7 Å². The van der Waals surface area contributed by atoms with Crippen molar-refractivity contribution in [2.45, 2.75) is 32.7 Å². The third-order valence-corrected chi connectivity index (χ3v) is 3.53. The zero-order valence-electron chi connectivity index (χ0n) is 12.3. The first kappa shape index (κ1) is 13.8. The summed E-state index contributed by atoms with van der Waals surface area (Å²) in [5.74, 6) is 1.26. The molecule has 0 saturated heterocycles. The lowest BCUT2D eigenvalue weighted by Gasteiger charge is -2.09. The molecule has 0 bridgehead atoms. The molecule has 1 atom stereocenters. The predicted molar refractivity (Wildman–Crippen MR) is 81.0 cm³/mol. The van der Waals surface area contributed by atoms with Crippen LogP contribution < -0.4 is 5.32 Å². The van der Waals surface area contributed by atoms with Crippen molar-refractivity contribution < 1.29 is 8.94 Å². The van der Waals surface area contributed by atoms with E-state index in [1.165, 1.54) is 0 Å². The predicted octanol–water partition coefficient (Wildman–Crippen LogP) is 3.41. The van der Waals surface area contributed by atoms with Crippen molar-refractivity contribution in [1.82, 2.24) is 15.5 Å². The van der Waals surface area contributed by atoms with Gasteiger partial charge in [-0.3, -0.25) is 0 Å². The van der Waals surface area contributed by atoms with Crippen LogP contribution in [0.25, 0.3) is 22.4 Å². The number of hydrogen-bond donors (Lipinski definition) is 1. The summed E-state index contributed by atoms with van der Waals surface area (Å²) in [7, 11) is 0. The molecule has 0 fully saturated rings. The van der Waals surface area contributed by atoms with Gasteiger partial charge in [0, 0.05) is 17.8 Å². The van der Waals surface area contributed by atoms with Crippen LogP contribution in [-0.2, 0) is 6.42 Å². The first-order valence-electron chi connectivity index (χ1n) is 7.30. The van der Waals surface area contributed by atoms with Gasteiger partial charge in [0.2, 0.25) is 11.7 Å². The maximum atomic E-state index is 5.51. The molecule has 0 saturated carbocycles. The Morgan fingerprint density at radius 3 is 3.00 bits per heavy atom. The van der Waals surface area contributed by atoms with E-state index in [9.17, 15) is 0 Å². The summed E-state index contributed by atoms with van der Waals surface area (Å²) in [4.78, 5) is 4.47. The van der Waals surface area contributed by atoms with E-state index in [4.69, 9.17) is 8.94 Å². The summed E-state index contributed by atoms with van der Waals surface area (Å²) in [5, 5.41) is 8.44. The summed E-state index contributed by atoms with van der Waals surface area (Å²) < 4.78 is 10.8. The fourth-order valence-electron chi connectivity index (χ4n) is 2.41. The summed E-state index contributed by atoms with van der Waals surface area (Å²) >= 11 is 0. The van der Waals surface area contributed by atoms with E-state index < -0.39 is 0 Å². The molecule has 0 amide bonds. The standard InChI is InChI=1S/C16H19N3O2/c1-3-17-11(2)8-9-15-18-16(19-21-15)13-10-20-14-7-5-4-6-12(13)14/h4-7,10-11,17H,3,8-9H2,1-2H3. The molecule has 0 radical (unpaired) electrons. The Balaban J connectivity index is 1.76. The Bertz CT molecular complexity index is 717. The number of aromatic nitrogens is 2. The number of rotatable bonds is 6. The third kappa shape index (κ3) is 2.97. The largest absolute Gasteiger partial charge is 0.464 e. The molecule has 5 nitrogen and oxygen atoms in total. The molecule has 2 aromatic heterocycles. The maximum Gasteiger partial charge on any atom is 0.227 e. The Labute approximate surface area is 123 Å². The van der Waals surface area contributed by atoms with Crippen molar-refractivity contribution >= 4 is 11.0 Å². The van der Waals surface area contributed by atoms with Crippen LogP contribution in [0.2, 0.25) is 0 Å². The highest BCUT2D eigenvalue weighted by molar-refractivity contribution is 5.91. The minimum absolute atomic E-state index is 0.445. The summed E-state index contributed by atoms with van der Waals surface area (Å²) in [6, 6.07) is 8.29. The van der Waals surface area contributed by atoms with E-state index in [0.29, 0.717) is 17.8 Å². The van der Waals surface area contributed by atoms with Gasteiger partial charge in [-0.1, -0.05) is 30.3 Å². The monoisotopic (exact) mass is 285 g/mol. The van der Waals surface area contributed by atoms with Gasteiger partial charge in [0.1, 0.15) is 11.8 Å². The van der Waals surface area contributed by atoms with Crippen LogP contribution in [0.4, 0.5) is 0 Å². The van der Waals surface area contributed by atoms with Gasteiger partial charge < -0.3 is 14.3 Å². The fraction of sp³-hybridized carbons (Fsp3) is 0.375. The normalized spacial score (nSPS) is 12.9. The molecule has 110 valence electrons. The van der Waals surface area contributed by atoms with E-state index in [0.717, 1.165) is 35.9 Å². The minimum Gasteiger partial charge on any atom is -0.464 e. The van der Waals surface area contributed by atoms with Crippen LogP contribution in [0.5, 0.6) is 0 Å². The van der Waals surface area contributed by atoms with Gasteiger partial charge >= 0.3 is 0 Å². The van der Waals surface area contributed by atoms with Gasteiger partial charge in [-0.25, -0.2) is 0 Å². The summed E-state index contributed by atoms with van der Waals surface area (Å²) in [5.41, 5.74) is 1.71. The quantitative estimate of drug-likeness (QED) is 0.752. The lowest BCUT2D eigenvalue weighted by atomic mass is 10.1. The Kier molecular flexibility index (Phi) is 4.01. The van der Waals surface area contributed by atoms with Gasteiger partial charge in [-0.05, 0) is 26.0 Å². The molecule has 1 N–H and O–H groups in total. The van der Waals surface area contributed by atoms with Gasteiger partial charge in [0.05, 0.1) is 5.56 Å². The molecule has 0 spiro atoms. The number of benzene rings is 1. The second-order valence-corrected chi connectivity index (χ2v) is 5.15. The number of nitrogens with one attached hydrogen (secondary N) is 1. The molecule has 21 heavy (non-hydrogen) atoms.